The normalized spacial score (nSPS) is 11.9. The summed E-state index contributed by atoms with van der Waals surface area (Å²) in [6, 6.07) is 21.5. The number of carbonyl (C=O) groups excluding carboxylic acids is 2. The first-order chi connectivity index (χ1) is 13.6. The second kappa shape index (κ2) is 9.23. The molecule has 3 heteroatoms. The Balaban J connectivity index is 1.65. The smallest absolute Gasteiger partial charge is 0.180 e. The van der Waals surface area contributed by atoms with Gasteiger partial charge in [-0.2, -0.15) is 0 Å². The van der Waals surface area contributed by atoms with Gasteiger partial charge < -0.3 is 5.41 Å². The van der Waals surface area contributed by atoms with E-state index in [-0.39, 0.29) is 17.4 Å². The number of carbonyl (C=O) groups is 2. The van der Waals surface area contributed by atoms with Gasteiger partial charge in [0.2, 0.25) is 0 Å². The van der Waals surface area contributed by atoms with E-state index in [0.717, 1.165) is 47.4 Å². The molecule has 3 rings (SSSR count). The van der Waals surface area contributed by atoms with Crippen LogP contribution < -0.4 is 0 Å². The van der Waals surface area contributed by atoms with Crippen molar-refractivity contribution in [1.29, 1.82) is 5.41 Å². The summed E-state index contributed by atoms with van der Waals surface area (Å²) in [5.74, 6) is -0.125. The molecule has 28 heavy (non-hydrogen) atoms. The molecule has 1 N–H and O–H groups in total. The van der Waals surface area contributed by atoms with Crippen molar-refractivity contribution >= 4 is 28.6 Å². The van der Waals surface area contributed by atoms with Crippen molar-refractivity contribution in [2.75, 3.05) is 0 Å². The van der Waals surface area contributed by atoms with Crippen molar-refractivity contribution in [3.8, 4) is 0 Å². The summed E-state index contributed by atoms with van der Waals surface area (Å²) in [6.07, 6.45) is 3.51. The lowest BCUT2D eigenvalue weighted by atomic mass is 9.88. The van der Waals surface area contributed by atoms with Gasteiger partial charge in [0.05, 0.1) is 5.71 Å². The fourth-order valence-corrected chi connectivity index (χ4v) is 3.54. The van der Waals surface area contributed by atoms with Gasteiger partial charge in [-0.05, 0) is 47.2 Å². The third-order valence-corrected chi connectivity index (χ3v) is 5.26. The van der Waals surface area contributed by atoms with Gasteiger partial charge in [-0.3, -0.25) is 9.59 Å². The maximum atomic E-state index is 12.5. The quantitative estimate of drug-likeness (QED) is 0.402. The van der Waals surface area contributed by atoms with E-state index >= 15 is 0 Å². The van der Waals surface area contributed by atoms with E-state index in [2.05, 4.69) is 18.2 Å². The molecule has 0 spiro atoms. The van der Waals surface area contributed by atoms with Crippen LogP contribution in [0.15, 0.2) is 66.7 Å². The Bertz CT molecular complexity index is 992. The minimum atomic E-state index is -0.0906. The highest BCUT2D eigenvalue weighted by molar-refractivity contribution is 6.39. The number of aldehydes is 1. The maximum Gasteiger partial charge on any atom is 0.180 e. The third-order valence-electron chi connectivity index (χ3n) is 5.26. The summed E-state index contributed by atoms with van der Waals surface area (Å²) in [5.41, 5.74) is 3.02. The molecule has 0 amide bonds. The van der Waals surface area contributed by atoms with Crippen LogP contribution in [-0.2, 0) is 17.6 Å². The minimum absolute atomic E-state index is 0.0341. The summed E-state index contributed by atoms with van der Waals surface area (Å²) >= 11 is 0. The predicted molar refractivity (Wildman–Crippen MR) is 114 cm³/mol. The van der Waals surface area contributed by atoms with Gasteiger partial charge in [-0.25, -0.2) is 0 Å². The number of hydrogen-bond donors (Lipinski definition) is 1. The summed E-state index contributed by atoms with van der Waals surface area (Å²) in [4.78, 5) is 23.5. The second-order valence-electron chi connectivity index (χ2n) is 7.20. The Morgan fingerprint density at radius 2 is 1.71 bits per heavy atom. The van der Waals surface area contributed by atoms with Crippen LogP contribution in [0, 0.1) is 11.3 Å². The average molecular weight is 371 g/mol. The van der Waals surface area contributed by atoms with Gasteiger partial charge >= 0.3 is 0 Å². The third kappa shape index (κ3) is 4.80. The number of fused-ring (bicyclic) bond motifs is 1. The first-order valence-electron chi connectivity index (χ1n) is 9.74. The molecule has 3 nitrogen and oxygen atoms in total. The zero-order valence-electron chi connectivity index (χ0n) is 16.2. The monoisotopic (exact) mass is 371 g/mol. The summed E-state index contributed by atoms with van der Waals surface area (Å²) in [5, 5.41) is 10.5. The number of benzene rings is 3. The van der Waals surface area contributed by atoms with E-state index < -0.39 is 0 Å². The first-order valence-corrected chi connectivity index (χ1v) is 9.74. The number of nitrogens with one attached hydrogen (secondary N) is 1. The van der Waals surface area contributed by atoms with Crippen LogP contribution in [0.5, 0.6) is 0 Å². The second-order valence-corrected chi connectivity index (χ2v) is 7.20. The van der Waals surface area contributed by atoms with Crippen LogP contribution in [0.3, 0.4) is 0 Å². The topological polar surface area (TPSA) is 58.0 Å². The van der Waals surface area contributed by atoms with E-state index in [1.54, 1.807) is 0 Å². The summed E-state index contributed by atoms with van der Waals surface area (Å²) < 4.78 is 0. The van der Waals surface area contributed by atoms with Crippen molar-refractivity contribution in [3.05, 3.63) is 83.4 Å². The molecule has 3 aromatic rings. The van der Waals surface area contributed by atoms with Crippen molar-refractivity contribution in [2.45, 2.75) is 32.6 Å². The molecule has 142 valence electrons. The zero-order chi connectivity index (χ0) is 19.9. The molecule has 0 fully saturated rings. The summed E-state index contributed by atoms with van der Waals surface area (Å²) in [6.45, 7) is 2.03. The van der Waals surface area contributed by atoms with Crippen molar-refractivity contribution in [1.82, 2.24) is 0 Å². The van der Waals surface area contributed by atoms with Gasteiger partial charge in [0.15, 0.2) is 5.78 Å². The number of ketones is 1. The number of aryl methyl sites for hydroxylation is 1. The Labute approximate surface area is 165 Å². The largest absolute Gasteiger partial charge is 0.301 e. The van der Waals surface area contributed by atoms with Crippen molar-refractivity contribution < 1.29 is 9.59 Å². The molecule has 0 saturated heterocycles. The maximum absolute atomic E-state index is 12.5. The molecule has 0 saturated carbocycles. The Kier molecular flexibility index (Phi) is 6.49. The van der Waals surface area contributed by atoms with Crippen molar-refractivity contribution in [3.63, 3.8) is 0 Å². The molecule has 0 aliphatic heterocycles. The molecule has 0 bridgehead atoms. The molecular formula is C25H25NO2. The zero-order valence-corrected chi connectivity index (χ0v) is 16.2. The standard InChI is InChI=1S/C25H25NO2/c1-2-21(25(26)24(28)16-18-6-4-3-5-7-18)11-8-19-9-12-22-13-10-20(17-27)15-23(22)14-19/h3-7,9-10,12-15,17,21,26H,2,8,11,16H2,1H3/t21-/m0/s1. The molecule has 0 heterocycles. The molecule has 0 aromatic heterocycles. The van der Waals surface area contributed by atoms with E-state index in [1.165, 1.54) is 0 Å². The summed E-state index contributed by atoms with van der Waals surface area (Å²) in [7, 11) is 0. The molecule has 3 aromatic carbocycles. The van der Waals surface area contributed by atoms with Crippen LogP contribution in [0.2, 0.25) is 0 Å². The lowest BCUT2D eigenvalue weighted by Crippen LogP contribution is -2.24. The van der Waals surface area contributed by atoms with Gasteiger partial charge in [0, 0.05) is 17.9 Å². The SMILES string of the molecule is CC[C@@H](CCc1ccc2ccc(C=O)cc2c1)C(=N)C(=O)Cc1ccccc1. The van der Waals surface area contributed by atoms with E-state index in [1.807, 2.05) is 55.5 Å². The van der Waals surface area contributed by atoms with Crippen molar-refractivity contribution in [2.24, 2.45) is 5.92 Å². The van der Waals surface area contributed by atoms with Crippen LogP contribution in [0.1, 0.15) is 41.3 Å². The van der Waals surface area contributed by atoms with Crippen LogP contribution >= 0.6 is 0 Å². The fourth-order valence-electron chi connectivity index (χ4n) is 3.54. The molecule has 0 aliphatic rings. The van der Waals surface area contributed by atoms with Crippen LogP contribution in [-0.4, -0.2) is 17.8 Å². The molecule has 1 atom stereocenters. The van der Waals surface area contributed by atoms with Gasteiger partial charge in [-0.1, -0.05) is 67.6 Å². The minimum Gasteiger partial charge on any atom is -0.301 e. The van der Waals surface area contributed by atoms with Gasteiger partial charge in [0.1, 0.15) is 6.29 Å². The highest BCUT2D eigenvalue weighted by Gasteiger charge is 2.20. The first kappa shape index (κ1) is 19.7. The Morgan fingerprint density at radius 1 is 0.964 bits per heavy atom. The molecule has 0 unspecified atom stereocenters. The average Bonchev–Trinajstić information content (AvgIpc) is 2.74. The molecule has 0 radical (unpaired) electrons. The molecular weight excluding hydrogens is 346 g/mol. The Morgan fingerprint density at radius 3 is 2.43 bits per heavy atom. The van der Waals surface area contributed by atoms with E-state index in [0.29, 0.717) is 12.0 Å². The fraction of sp³-hybridized carbons (Fsp3) is 0.240. The lowest BCUT2D eigenvalue weighted by Gasteiger charge is -2.16. The van der Waals surface area contributed by atoms with E-state index in [4.69, 9.17) is 5.41 Å². The van der Waals surface area contributed by atoms with Gasteiger partial charge in [0.25, 0.3) is 0 Å². The predicted octanol–water partition coefficient (Wildman–Crippen LogP) is 5.44. The number of Topliss-reactive ketones (excluding diaryl/α,β-unsaturated/α-hetero) is 1. The van der Waals surface area contributed by atoms with Crippen LogP contribution in [0.25, 0.3) is 10.8 Å². The number of hydrogen-bond acceptors (Lipinski definition) is 3. The van der Waals surface area contributed by atoms with Crippen LogP contribution in [0.4, 0.5) is 0 Å². The highest BCUT2D eigenvalue weighted by atomic mass is 16.1. The highest BCUT2D eigenvalue weighted by Crippen LogP contribution is 2.21. The number of rotatable bonds is 9. The van der Waals surface area contributed by atoms with E-state index in [9.17, 15) is 9.59 Å². The Hall–Kier alpha value is -3.07. The molecule has 0 aliphatic carbocycles. The van der Waals surface area contributed by atoms with Gasteiger partial charge in [-0.15, -0.1) is 0 Å². The lowest BCUT2D eigenvalue weighted by molar-refractivity contribution is -0.112.